The van der Waals surface area contributed by atoms with Gasteiger partial charge < -0.3 is 10.0 Å². The van der Waals surface area contributed by atoms with Gasteiger partial charge in [-0.1, -0.05) is 0 Å². The zero-order valence-corrected chi connectivity index (χ0v) is 13.8. The Hall–Kier alpha value is -2.31. The van der Waals surface area contributed by atoms with E-state index in [1.807, 2.05) is 0 Å². The lowest BCUT2D eigenvalue weighted by molar-refractivity contribution is -0.137. The third-order valence-corrected chi connectivity index (χ3v) is 4.44. The number of hydrogen-bond acceptors (Lipinski definition) is 3. The number of aliphatic carboxylic acids is 1. The number of amides is 1. The Labute approximate surface area is 144 Å². The summed E-state index contributed by atoms with van der Waals surface area (Å²) in [6, 6.07) is 2.83. The fourth-order valence-electron chi connectivity index (χ4n) is 3.01. The van der Waals surface area contributed by atoms with Gasteiger partial charge in [-0.2, -0.15) is 0 Å². The van der Waals surface area contributed by atoms with E-state index in [4.69, 9.17) is 5.11 Å². The molecule has 1 saturated heterocycles. The van der Waals surface area contributed by atoms with Crippen LogP contribution in [0.3, 0.4) is 0 Å². The van der Waals surface area contributed by atoms with Gasteiger partial charge in [0.05, 0.1) is 5.56 Å². The lowest BCUT2D eigenvalue weighted by Gasteiger charge is -2.31. The number of carbonyl (C=O) groups excluding carboxylic acids is 2. The maximum absolute atomic E-state index is 13.7. The van der Waals surface area contributed by atoms with E-state index in [1.165, 1.54) is 0 Å². The van der Waals surface area contributed by atoms with Crippen molar-refractivity contribution in [3.63, 3.8) is 0 Å². The van der Waals surface area contributed by atoms with Gasteiger partial charge in [0.15, 0.2) is 5.78 Å². The predicted octanol–water partition coefficient (Wildman–Crippen LogP) is 3.03. The van der Waals surface area contributed by atoms with Gasteiger partial charge >= 0.3 is 5.97 Å². The highest BCUT2D eigenvalue weighted by Crippen LogP contribution is 2.24. The van der Waals surface area contributed by atoms with E-state index in [1.54, 1.807) is 4.90 Å². The van der Waals surface area contributed by atoms with Crippen LogP contribution in [0.4, 0.5) is 8.78 Å². The van der Waals surface area contributed by atoms with Crippen LogP contribution in [0, 0.1) is 17.6 Å². The van der Waals surface area contributed by atoms with Crippen molar-refractivity contribution >= 4 is 17.7 Å². The lowest BCUT2D eigenvalue weighted by Crippen LogP contribution is -2.40. The molecule has 1 amide bonds. The number of benzene rings is 1. The smallest absolute Gasteiger partial charge is 0.303 e. The zero-order valence-electron chi connectivity index (χ0n) is 13.8. The minimum absolute atomic E-state index is 0.0447. The van der Waals surface area contributed by atoms with Crippen LogP contribution in [-0.2, 0) is 9.59 Å². The van der Waals surface area contributed by atoms with Crippen molar-refractivity contribution in [3.05, 3.63) is 35.4 Å². The van der Waals surface area contributed by atoms with Gasteiger partial charge in [-0.3, -0.25) is 14.4 Å². The molecule has 5 nitrogen and oxygen atoms in total. The van der Waals surface area contributed by atoms with E-state index < -0.39 is 29.3 Å². The summed E-state index contributed by atoms with van der Waals surface area (Å²) in [4.78, 5) is 36.5. The average molecular weight is 353 g/mol. The number of Topliss-reactive ketones (excluding diaryl/α,β-unsaturated/α-hetero) is 1. The molecule has 0 spiro atoms. The first-order valence-corrected chi connectivity index (χ1v) is 8.37. The lowest BCUT2D eigenvalue weighted by atomic mass is 9.88. The molecule has 25 heavy (non-hydrogen) atoms. The summed E-state index contributed by atoms with van der Waals surface area (Å²) in [6.45, 7) is 0.788. The van der Waals surface area contributed by atoms with Gasteiger partial charge in [0.25, 0.3) is 0 Å². The van der Waals surface area contributed by atoms with E-state index >= 15 is 0 Å². The molecule has 0 atom stereocenters. The van der Waals surface area contributed by atoms with E-state index in [2.05, 4.69) is 0 Å². The second kappa shape index (κ2) is 8.69. The number of hydrogen-bond donors (Lipinski definition) is 1. The van der Waals surface area contributed by atoms with Crippen LogP contribution >= 0.6 is 0 Å². The number of carboxylic acid groups (broad SMARTS) is 1. The first-order valence-electron chi connectivity index (χ1n) is 8.37. The number of carbonyl (C=O) groups is 3. The molecule has 0 aromatic heterocycles. The molecule has 1 fully saturated rings. The van der Waals surface area contributed by atoms with Gasteiger partial charge in [0.1, 0.15) is 11.6 Å². The van der Waals surface area contributed by atoms with Crippen molar-refractivity contribution in [1.82, 2.24) is 4.90 Å². The van der Waals surface area contributed by atoms with E-state index in [9.17, 15) is 23.2 Å². The first-order chi connectivity index (χ1) is 11.9. The molecule has 136 valence electrons. The van der Waals surface area contributed by atoms with Crippen molar-refractivity contribution in [1.29, 1.82) is 0 Å². The molecule has 1 heterocycles. The Morgan fingerprint density at radius 2 is 1.72 bits per heavy atom. The number of piperidine rings is 1. The van der Waals surface area contributed by atoms with Crippen LogP contribution in [-0.4, -0.2) is 40.8 Å². The van der Waals surface area contributed by atoms with Crippen molar-refractivity contribution in [2.75, 3.05) is 13.1 Å². The SMILES string of the molecule is O=C(O)CCCCC(=O)N1CCC(C(=O)c2cc(F)ccc2F)CC1. The Kier molecular flexibility index (Phi) is 6.61. The van der Waals surface area contributed by atoms with Crippen LogP contribution in [0.15, 0.2) is 18.2 Å². The minimum Gasteiger partial charge on any atom is -0.481 e. The molecule has 1 aromatic carbocycles. The molecule has 0 unspecified atom stereocenters. The van der Waals surface area contributed by atoms with Crippen molar-refractivity contribution < 1.29 is 28.3 Å². The number of rotatable bonds is 7. The third-order valence-electron chi connectivity index (χ3n) is 4.44. The van der Waals surface area contributed by atoms with E-state index in [-0.39, 0.29) is 24.3 Å². The Morgan fingerprint density at radius 1 is 1.08 bits per heavy atom. The van der Waals surface area contributed by atoms with Gasteiger partial charge in [0, 0.05) is 31.8 Å². The Balaban J connectivity index is 1.82. The first kappa shape index (κ1) is 19.0. The monoisotopic (exact) mass is 353 g/mol. The minimum atomic E-state index is -0.878. The maximum Gasteiger partial charge on any atom is 0.303 e. The molecule has 0 bridgehead atoms. The van der Waals surface area contributed by atoms with Crippen LogP contribution < -0.4 is 0 Å². The quantitative estimate of drug-likeness (QED) is 0.604. The molecule has 0 radical (unpaired) electrons. The molecule has 0 aliphatic carbocycles. The van der Waals surface area contributed by atoms with Crippen molar-refractivity contribution in [3.8, 4) is 0 Å². The molecule has 2 rings (SSSR count). The molecule has 1 aromatic rings. The topological polar surface area (TPSA) is 74.7 Å². The van der Waals surface area contributed by atoms with E-state index in [0.29, 0.717) is 38.8 Å². The summed E-state index contributed by atoms with van der Waals surface area (Å²) in [5, 5.41) is 8.56. The van der Waals surface area contributed by atoms with Crippen LogP contribution in [0.1, 0.15) is 48.9 Å². The van der Waals surface area contributed by atoms with Crippen LogP contribution in [0.5, 0.6) is 0 Å². The summed E-state index contributed by atoms with van der Waals surface area (Å²) in [5.74, 6) is -3.18. The third kappa shape index (κ3) is 5.34. The molecule has 7 heteroatoms. The van der Waals surface area contributed by atoms with Crippen molar-refractivity contribution in [2.45, 2.75) is 38.5 Å². The van der Waals surface area contributed by atoms with Crippen LogP contribution in [0.2, 0.25) is 0 Å². The average Bonchev–Trinajstić information content (AvgIpc) is 2.60. The zero-order chi connectivity index (χ0) is 18.4. The van der Waals surface area contributed by atoms with E-state index in [0.717, 1.165) is 18.2 Å². The van der Waals surface area contributed by atoms with Crippen molar-refractivity contribution in [2.24, 2.45) is 5.92 Å². The summed E-state index contributed by atoms with van der Waals surface area (Å²) >= 11 is 0. The normalized spacial score (nSPS) is 15.2. The summed E-state index contributed by atoms with van der Waals surface area (Å²) in [6.07, 6.45) is 2.12. The summed E-state index contributed by atoms with van der Waals surface area (Å²) in [7, 11) is 0. The summed E-state index contributed by atoms with van der Waals surface area (Å²) < 4.78 is 26.9. The fraction of sp³-hybridized carbons (Fsp3) is 0.500. The number of likely N-dealkylation sites (tertiary alicyclic amines) is 1. The number of halogens is 2. The predicted molar refractivity (Wildman–Crippen MR) is 86.1 cm³/mol. The second-order valence-corrected chi connectivity index (χ2v) is 6.24. The molecule has 1 N–H and O–H groups in total. The number of ketones is 1. The summed E-state index contributed by atoms with van der Waals surface area (Å²) in [5.41, 5.74) is -0.238. The maximum atomic E-state index is 13.7. The Morgan fingerprint density at radius 3 is 2.36 bits per heavy atom. The highest BCUT2D eigenvalue weighted by atomic mass is 19.1. The fourth-order valence-corrected chi connectivity index (χ4v) is 3.01. The largest absolute Gasteiger partial charge is 0.481 e. The van der Waals surface area contributed by atoms with Gasteiger partial charge in [-0.15, -0.1) is 0 Å². The van der Waals surface area contributed by atoms with Crippen LogP contribution in [0.25, 0.3) is 0 Å². The van der Waals surface area contributed by atoms with Gasteiger partial charge in [-0.05, 0) is 43.9 Å². The number of carboxylic acids is 1. The molecule has 0 saturated carbocycles. The van der Waals surface area contributed by atoms with Gasteiger partial charge in [0.2, 0.25) is 5.91 Å². The Bertz CT molecular complexity index is 654. The molecule has 1 aliphatic rings. The highest BCUT2D eigenvalue weighted by Gasteiger charge is 2.29. The van der Waals surface area contributed by atoms with Gasteiger partial charge in [-0.25, -0.2) is 8.78 Å². The number of nitrogens with zero attached hydrogens (tertiary/aromatic N) is 1. The molecular formula is C18H21F2NO4. The molecular weight excluding hydrogens is 332 g/mol. The standard InChI is InChI=1S/C18H21F2NO4/c19-13-5-6-15(20)14(11-13)18(25)12-7-9-21(10-8-12)16(22)3-1-2-4-17(23)24/h5-6,11-12H,1-4,7-10H2,(H,23,24). The highest BCUT2D eigenvalue weighted by molar-refractivity contribution is 5.98. The second-order valence-electron chi connectivity index (χ2n) is 6.24. The number of unbranched alkanes of at least 4 members (excludes halogenated alkanes) is 1. The molecule has 1 aliphatic heterocycles.